The van der Waals surface area contributed by atoms with Crippen LogP contribution in [0.5, 0.6) is 0 Å². The SMILES string of the molecule is CC(C)C(=O)Nc1ccc(NC(=O)NCC(c2cccc(F)c2)N(C)C)cc1. The first-order chi connectivity index (χ1) is 13.3. The van der Waals surface area contributed by atoms with Crippen molar-refractivity contribution in [3.63, 3.8) is 0 Å². The van der Waals surface area contributed by atoms with Crippen molar-refractivity contribution in [3.05, 3.63) is 59.9 Å². The lowest BCUT2D eigenvalue weighted by molar-refractivity contribution is -0.118. The van der Waals surface area contributed by atoms with Crippen LogP contribution in [0.25, 0.3) is 0 Å². The Labute approximate surface area is 165 Å². The Balaban J connectivity index is 1.91. The van der Waals surface area contributed by atoms with E-state index in [1.807, 2.05) is 38.9 Å². The fourth-order valence-electron chi connectivity index (χ4n) is 2.60. The van der Waals surface area contributed by atoms with Crippen molar-refractivity contribution in [2.45, 2.75) is 19.9 Å². The van der Waals surface area contributed by atoms with Crippen molar-refractivity contribution in [2.24, 2.45) is 5.92 Å². The van der Waals surface area contributed by atoms with Crippen LogP contribution in [0.15, 0.2) is 48.5 Å². The molecule has 2 aromatic carbocycles. The molecule has 6 nitrogen and oxygen atoms in total. The standard InChI is InChI=1S/C21H27FN4O2/c1-14(2)20(27)24-17-8-10-18(11-9-17)25-21(28)23-13-19(26(3)4)15-6-5-7-16(22)12-15/h5-12,14,19H,13H2,1-4H3,(H,24,27)(H2,23,25,28). The van der Waals surface area contributed by atoms with Gasteiger partial charge in [0.1, 0.15) is 5.82 Å². The van der Waals surface area contributed by atoms with Crippen molar-refractivity contribution in [2.75, 3.05) is 31.3 Å². The molecule has 0 fully saturated rings. The van der Waals surface area contributed by atoms with Gasteiger partial charge in [-0.15, -0.1) is 0 Å². The summed E-state index contributed by atoms with van der Waals surface area (Å²) in [5, 5.41) is 8.35. The summed E-state index contributed by atoms with van der Waals surface area (Å²) in [5.41, 5.74) is 2.06. The molecule has 2 rings (SSSR count). The molecule has 0 radical (unpaired) electrons. The van der Waals surface area contributed by atoms with Gasteiger partial charge in [-0.3, -0.25) is 4.79 Å². The van der Waals surface area contributed by atoms with E-state index >= 15 is 0 Å². The Morgan fingerprint density at radius 1 is 1.00 bits per heavy atom. The summed E-state index contributed by atoms with van der Waals surface area (Å²) in [5.74, 6) is -0.477. The molecule has 0 saturated heterocycles. The molecule has 1 unspecified atom stereocenters. The average Bonchev–Trinajstić information content (AvgIpc) is 2.63. The number of hydrogen-bond donors (Lipinski definition) is 3. The first-order valence-electron chi connectivity index (χ1n) is 9.14. The lowest BCUT2D eigenvalue weighted by Gasteiger charge is -2.25. The molecule has 7 heteroatoms. The third-order valence-electron chi connectivity index (χ3n) is 4.25. The molecule has 0 spiro atoms. The van der Waals surface area contributed by atoms with Crippen LogP contribution >= 0.6 is 0 Å². The molecule has 0 heterocycles. The van der Waals surface area contributed by atoms with Gasteiger partial charge in [0.05, 0.1) is 6.04 Å². The van der Waals surface area contributed by atoms with Crippen molar-refractivity contribution >= 4 is 23.3 Å². The van der Waals surface area contributed by atoms with E-state index in [0.29, 0.717) is 17.9 Å². The molecule has 0 aromatic heterocycles. The minimum absolute atomic E-state index is 0.0643. The molecule has 2 aromatic rings. The van der Waals surface area contributed by atoms with Gasteiger partial charge in [0.2, 0.25) is 5.91 Å². The zero-order valence-corrected chi connectivity index (χ0v) is 16.6. The number of amides is 3. The highest BCUT2D eigenvalue weighted by Gasteiger charge is 2.16. The maximum Gasteiger partial charge on any atom is 0.319 e. The van der Waals surface area contributed by atoms with Crippen LogP contribution in [0.1, 0.15) is 25.5 Å². The zero-order valence-electron chi connectivity index (χ0n) is 16.6. The molecule has 28 heavy (non-hydrogen) atoms. The van der Waals surface area contributed by atoms with Gasteiger partial charge in [0, 0.05) is 23.8 Å². The predicted octanol–water partition coefficient (Wildman–Crippen LogP) is 3.84. The van der Waals surface area contributed by atoms with Gasteiger partial charge in [-0.05, 0) is 56.1 Å². The van der Waals surface area contributed by atoms with E-state index in [-0.39, 0.29) is 29.7 Å². The Morgan fingerprint density at radius 3 is 2.14 bits per heavy atom. The minimum atomic E-state index is -0.359. The van der Waals surface area contributed by atoms with Crippen molar-refractivity contribution in [1.82, 2.24) is 10.2 Å². The van der Waals surface area contributed by atoms with Gasteiger partial charge in [-0.2, -0.15) is 0 Å². The second kappa shape index (κ2) is 9.85. The second-order valence-electron chi connectivity index (χ2n) is 7.09. The maximum absolute atomic E-state index is 13.5. The number of nitrogens with zero attached hydrogens (tertiary/aromatic N) is 1. The lowest BCUT2D eigenvalue weighted by Crippen LogP contribution is -2.36. The van der Waals surface area contributed by atoms with Crippen LogP contribution in [0.2, 0.25) is 0 Å². The normalized spacial score (nSPS) is 12.0. The van der Waals surface area contributed by atoms with Crippen LogP contribution in [0.4, 0.5) is 20.6 Å². The Bertz CT molecular complexity index is 806. The Hall–Kier alpha value is -2.93. The van der Waals surface area contributed by atoms with Gasteiger partial charge in [0.25, 0.3) is 0 Å². The van der Waals surface area contributed by atoms with Crippen molar-refractivity contribution in [1.29, 1.82) is 0 Å². The molecular weight excluding hydrogens is 359 g/mol. The van der Waals surface area contributed by atoms with E-state index in [1.165, 1.54) is 12.1 Å². The second-order valence-corrected chi connectivity index (χ2v) is 7.09. The third-order valence-corrected chi connectivity index (χ3v) is 4.25. The Kier molecular flexibility index (Phi) is 7.52. The average molecular weight is 386 g/mol. The predicted molar refractivity (Wildman–Crippen MR) is 110 cm³/mol. The van der Waals surface area contributed by atoms with Crippen LogP contribution in [-0.2, 0) is 4.79 Å². The monoisotopic (exact) mass is 386 g/mol. The van der Waals surface area contributed by atoms with E-state index < -0.39 is 0 Å². The summed E-state index contributed by atoms with van der Waals surface area (Å²) >= 11 is 0. The third kappa shape index (κ3) is 6.35. The summed E-state index contributed by atoms with van der Waals surface area (Å²) in [6, 6.07) is 12.7. The topological polar surface area (TPSA) is 73.5 Å². The first-order valence-corrected chi connectivity index (χ1v) is 9.14. The van der Waals surface area contributed by atoms with Gasteiger partial charge >= 0.3 is 6.03 Å². The van der Waals surface area contributed by atoms with Gasteiger partial charge < -0.3 is 20.9 Å². The molecular formula is C21H27FN4O2. The van der Waals surface area contributed by atoms with E-state index in [4.69, 9.17) is 0 Å². The smallest absolute Gasteiger partial charge is 0.319 e. The van der Waals surface area contributed by atoms with Crippen molar-refractivity contribution < 1.29 is 14.0 Å². The summed E-state index contributed by atoms with van der Waals surface area (Å²) in [4.78, 5) is 25.8. The summed E-state index contributed by atoms with van der Waals surface area (Å²) in [6.45, 7) is 3.96. The lowest BCUT2D eigenvalue weighted by atomic mass is 10.1. The molecule has 150 valence electrons. The number of anilines is 2. The molecule has 3 N–H and O–H groups in total. The number of rotatable bonds is 7. The molecule has 0 aliphatic heterocycles. The molecule has 3 amide bonds. The highest BCUT2D eigenvalue weighted by molar-refractivity contribution is 5.93. The highest BCUT2D eigenvalue weighted by Crippen LogP contribution is 2.18. The molecule has 0 aliphatic carbocycles. The van der Waals surface area contributed by atoms with Crippen molar-refractivity contribution in [3.8, 4) is 0 Å². The quantitative estimate of drug-likeness (QED) is 0.677. The van der Waals surface area contributed by atoms with Crippen LogP contribution in [0.3, 0.4) is 0 Å². The number of benzene rings is 2. The summed E-state index contributed by atoms with van der Waals surface area (Å²) < 4.78 is 13.5. The number of carbonyl (C=O) groups excluding carboxylic acids is 2. The largest absolute Gasteiger partial charge is 0.336 e. The number of nitrogens with one attached hydrogen (secondary N) is 3. The maximum atomic E-state index is 13.5. The first kappa shape index (κ1) is 21.4. The Morgan fingerprint density at radius 2 is 1.61 bits per heavy atom. The number of urea groups is 1. The fraction of sp³-hybridized carbons (Fsp3) is 0.333. The van der Waals surface area contributed by atoms with E-state index in [9.17, 15) is 14.0 Å². The number of likely N-dealkylation sites (N-methyl/N-ethyl adjacent to an activating group) is 1. The number of carbonyl (C=O) groups is 2. The van der Waals surface area contributed by atoms with E-state index in [2.05, 4.69) is 16.0 Å². The van der Waals surface area contributed by atoms with Gasteiger partial charge in [-0.25, -0.2) is 9.18 Å². The van der Waals surface area contributed by atoms with Gasteiger partial charge in [-0.1, -0.05) is 26.0 Å². The summed E-state index contributed by atoms with van der Waals surface area (Å²) in [7, 11) is 3.75. The highest BCUT2D eigenvalue weighted by atomic mass is 19.1. The number of halogens is 1. The van der Waals surface area contributed by atoms with E-state index in [1.54, 1.807) is 30.3 Å². The fourth-order valence-corrected chi connectivity index (χ4v) is 2.60. The molecule has 1 atom stereocenters. The van der Waals surface area contributed by atoms with Crippen LogP contribution in [-0.4, -0.2) is 37.5 Å². The van der Waals surface area contributed by atoms with Gasteiger partial charge in [0.15, 0.2) is 0 Å². The molecule has 0 saturated carbocycles. The number of hydrogen-bond acceptors (Lipinski definition) is 3. The zero-order chi connectivity index (χ0) is 20.7. The van der Waals surface area contributed by atoms with E-state index in [0.717, 1.165) is 5.56 Å². The summed E-state index contributed by atoms with van der Waals surface area (Å²) in [6.07, 6.45) is 0. The van der Waals surface area contributed by atoms with Crippen LogP contribution < -0.4 is 16.0 Å². The molecule has 0 bridgehead atoms. The molecule has 0 aliphatic rings. The van der Waals surface area contributed by atoms with Crippen LogP contribution in [0, 0.1) is 11.7 Å². The minimum Gasteiger partial charge on any atom is -0.336 e.